The number of ether oxygens (including phenoxy) is 2. The number of carbonyl (C=O) groups excluding carboxylic acids is 1. The summed E-state index contributed by atoms with van der Waals surface area (Å²) in [5, 5.41) is 3.41. The van der Waals surface area contributed by atoms with Gasteiger partial charge in [-0.1, -0.05) is 12.1 Å². The van der Waals surface area contributed by atoms with Gasteiger partial charge >= 0.3 is 0 Å². The highest BCUT2D eigenvalue weighted by Gasteiger charge is 2.35. The number of likely N-dealkylation sites (tertiary alicyclic amines) is 1. The van der Waals surface area contributed by atoms with E-state index in [4.69, 9.17) is 14.5 Å². The number of hydrogen-bond donors (Lipinski definition) is 1. The molecule has 5 rings (SSSR count). The summed E-state index contributed by atoms with van der Waals surface area (Å²) in [4.78, 5) is 19.7. The summed E-state index contributed by atoms with van der Waals surface area (Å²) in [5.74, 6) is 1.03. The zero-order chi connectivity index (χ0) is 24.9. The fourth-order valence-corrected chi connectivity index (χ4v) is 5.90. The summed E-state index contributed by atoms with van der Waals surface area (Å²) in [6.07, 6.45) is 7.16. The molecule has 2 fully saturated rings. The number of ketones is 1. The Morgan fingerprint density at radius 1 is 1.28 bits per heavy atom. The van der Waals surface area contributed by atoms with Crippen molar-refractivity contribution in [1.29, 1.82) is 0 Å². The van der Waals surface area contributed by atoms with Gasteiger partial charge in [0.25, 0.3) is 0 Å². The largest absolute Gasteiger partial charge is 0.381 e. The molecule has 2 saturated heterocycles. The number of benzene rings is 1. The maximum absolute atomic E-state index is 14.3. The molecule has 7 heteroatoms. The van der Waals surface area contributed by atoms with Crippen molar-refractivity contribution in [2.24, 2.45) is 0 Å². The summed E-state index contributed by atoms with van der Waals surface area (Å²) in [6, 6.07) is 8.83. The number of unbranched alkanes of at least 4 members (excludes halogenated alkanes) is 1. The lowest BCUT2D eigenvalue weighted by atomic mass is 9.88. The van der Waals surface area contributed by atoms with Gasteiger partial charge in [0.05, 0.1) is 18.8 Å². The van der Waals surface area contributed by atoms with Gasteiger partial charge in [-0.25, -0.2) is 9.37 Å². The molecule has 0 bridgehead atoms. The third-order valence-corrected chi connectivity index (χ3v) is 7.77. The van der Waals surface area contributed by atoms with Crippen molar-refractivity contribution < 1.29 is 18.7 Å². The van der Waals surface area contributed by atoms with E-state index in [0.29, 0.717) is 26.4 Å². The number of nitrogens with one attached hydrogen (secondary N) is 1. The van der Waals surface area contributed by atoms with E-state index in [-0.39, 0.29) is 23.6 Å². The van der Waals surface area contributed by atoms with Crippen molar-refractivity contribution in [3.8, 4) is 0 Å². The number of Topliss-reactive ketones (excluding diaryl/α,β-unsaturated/α-hetero) is 1. The number of fused-ring (bicyclic) bond motifs is 1. The van der Waals surface area contributed by atoms with Crippen LogP contribution < -0.4 is 5.32 Å². The molecule has 1 aromatic carbocycles. The van der Waals surface area contributed by atoms with Gasteiger partial charge in [-0.05, 0) is 86.8 Å². The van der Waals surface area contributed by atoms with Crippen molar-refractivity contribution in [3.63, 3.8) is 0 Å². The molecule has 0 amide bonds. The highest BCUT2D eigenvalue weighted by Crippen LogP contribution is 2.36. The maximum atomic E-state index is 14.3. The zero-order valence-electron chi connectivity index (χ0n) is 21.3. The Kier molecular flexibility index (Phi) is 8.29. The van der Waals surface area contributed by atoms with E-state index in [1.165, 1.54) is 18.1 Å². The first-order valence-electron chi connectivity index (χ1n) is 13.5. The summed E-state index contributed by atoms with van der Waals surface area (Å²) in [7, 11) is 0. The number of anilines is 1. The Hall–Kier alpha value is -2.35. The van der Waals surface area contributed by atoms with E-state index in [9.17, 15) is 9.18 Å². The Bertz CT molecular complexity index is 1060. The minimum atomic E-state index is -0.436. The molecule has 0 aliphatic carbocycles. The molecule has 3 aliphatic heterocycles. The van der Waals surface area contributed by atoms with Gasteiger partial charge < -0.3 is 14.8 Å². The van der Waals surface area contributed by atoms with Crippen molar-refractivity contribution in [2.75, 3.05) is 44.8 Å². The number of nitrogens with zero attached hydrogens (tertiary/aromatic N) is 2. The second-order valence-corrected chi connectivity index (χ2v) is 10.4. The van der Waals surface area contributed by atoms with Gasteiger partial charge in [0, 0.05) is 44.5 Å². The van der Waals surface area contributed by atoms with E-state index < -0.39 is 6.04 Å². The van der Waals surface area contributed by atoms with Crippen LogP contribution in [0.5, 0.6) is 0 Å². The van der Waals surface area contributed by atoms with E-state index in [1.807, 2.05) is 6.07 Å². The number of hydrogen-bond acceptors (Lipinski definition) is 6. The highest BCUT2D eigenvalue weighted by atomic mass is 19.1. The van der Waals surface area contributed by atoms with Crippen LogP contribution in [0.1, 0.15) is 73.4 Å². The summed E-state index contributed by atoms with van der Waals surface area (Å²) in [6.45, 7) is 6.14. The number of aryl methyl sites for hydroxylation is 2. The summed E-state index contributed by atoms with van der Waals surface area (Å²) < 4.78 is 26.1. The van der Waals surface area contributed by atoms with E-state index >= 15 is 0 Å². The average molecular weight is 496 g/mol. The minimum Gasteiger partial charge on any atom is -0.381 e. The smallest absolute Gasteiger partial charge is 0.151 e. The number of rotatable bonds is 10. The second kappa shape index (κ2) is 11.8. The normalized spacial score (nSPS) is 22.8. The molecule has 1 aromatic heterocycles. The fourth-order valence-electron chi connectivity index (χ4n) is 5.90. The molecule has 0 unspecified atom stereocenters. The molecular weight excluding hydrogens is 457 g/mol. The van der Waals surface area contributed by atoms with E-state index in [2.05, 4.69) is 22.3 Å². The van der Waals surface area contributed by atoms with Gasteiger partial charge in [0.2, 0.25) is 0 Å². The predicted octanol–water partition coefficient (Wildman–Crippen LogP) is 4.83. The molecule has 4 heterocycles. The van der Waals surface area contributed by atoms with Crippen LogP contribution >= 0.6 is 0 Å². The molecule has 3 atom stereocenters. The van der Waals surface area contributed by atoms with Crippen molar-refractivity contribution in [3.05, 3.63) is 58.5 Å². The molecule has 194 valence electrons. The molecule has 36 heavy (non-hydrogen) atoms. The predicted molar refractivity (Wildman–Crippen MR) is 138 cm³/mol. The molecule has 3 aliphatic rings. The standard InChI is InChI=1S/C29H38FN3O3/c1-20(34)28(27-17-23(30)8-10-26(27)22-12-16-35-19-22)33-14-11-25(18-33)36-15-3-2-6-24-9-7-21-5-4-13-31-29(21)32-24/h7-10,17,22,25,28H,2-6,11-16,18-19H2,1H3,(H,31,32)/t22-,25+,28+/m0/s1. The van der Waals surface area contributed by atoms with Crippen molar-refractivity contribution in [2.45, 2.75) is 69.9 Å². The lowest BCUT2D eigenvalue weighted by molar-refractivity contribution is -0.122. The number of halogens is 1. The Morgan fingerprint density at radius 3 is 3.03 bits per heavy atom. The van der Waals surface area contributed by atoms with Crippen molar-refractivity contribution >= 4 is 11.6 Å². The van der Waals surface area contributed by atoms with E-state index in [0.717, 1.165) is 74.3 Å². The molecular formula is C29H38FN3O3. The Balaban J connectivity index is 1.12. The van der Waals surface area contributed by atoms with Crippen molar-refractivity contribution in [1.82, 2.24) is 9.88 Å². The maximum Gasteiger partial charge on any atom is 0.151 e. The summed E-state index contributed by atoms with van der Waals surface area (Å²) in [5.41, 5.74) is 4.30. The van der Waals surface area contributed by atoms with Gasteiger partial charge in [-0.15, -0.1) is 0 Å². The van der Waals surface area contributed by atoms with Crippen LogP contribution in [0.4, 0.5) is 10.2 Å². The molecule has 1 N–H and O–H groups in total. The van der Waals surface area contributed by atoms with Crippen LogP contribution in [0.2, 0.25) is 0 Å². The van der Waals surface area contributed by atoms with Crippen LogP contribution in [0, 0.1) is 5.82 Å². The fraction of sp³-hybridized carbons (Fsp3) is 0.586. The Morgan fingerprint density at radius 2 is 2.19 bits per heavy atom. The third kappa shape index (κ3) is 5.96. The lowest BCUT2D eigenvalue weighted by Crippen LogP contribution is -2.33. The van der Waals surface area contributed by atoms with E-state index in [1.54, 1.807) is 13.0 Å². The number of carbonyl (C=O) groups is 1. The number of pyridine rings is 1. The molecule has 0 radical (unpaired) electrons. The van der Waals surface area contributed by atoms with Crippen LogP contribution in [0.3, 0.4) is 0 Å². The molecule has 6 nitrogen and oxygen atoms in total. The van der Waals surface area contributed by atoms with Crippen LogP contribution in [0.25, 0.3) is 0 Å². The summed E-state index contributed by atoms with van der Waals surface area (Å²) >= 11 is 0. The zero-order valence-corrected chi connectivity index (χ0v) is 21.3. The highest BCUT2D eigenvalue weighted by molar-refractivity contribution is 5.83. The van der Waals surface area contributed by atoms with Crippen LogP contribution in [-0.4, -0.2) is 61.2 Å². The third-order valence-electron chi connectivity index (χ3n) is 7.77. The van der Waals surface area contributed by atoms with Crippen LogP contribution in [0.15, 0.2) is 30.3 Å². The average Bonchev–Trinajstić information content (AvgIpc) is 3.57. The Labute approximate surface area is 213 Å². The first-order chi connectivity index (χ1) is 17.6. The van der Waals surface area contributed by atoms with Crippen LogP contribution in [-0.2, 0) is 27.1 Å². The van der Waals surface area contributed by atoms with Gasteiger partial charge in [0.1, 0.15) is 11.6 Å². The quantitative estimate of drug-likeness (QED) is 0.477. The first-order valence-corrected chi connectivity index (χ1v) is 13.5. The topological polar surface area (TPSA) is 63.7 Å². The van der Waals surface area contributed by atoms with Gasteiger partial charge in [-0.3, -0.25) is 9.69 Å². The first kappa shape index (κ1) is 25.3. The van der Waals surface area contributed by atoms with Gasteiger partial charge in [0.15, 0.2) is 5.78 Å². The minimum absolute atomic E-state index is 0.0495. The molecule has 0 spiro atoms. The monoisotopic (exact) mass is 495 g/mol. The number of aromatic nitrogens is 1. The molecule has 0 saturated carbocycles. The lowest BCUT2D eigenvalue weighted by Gasteiger charge is -2.29. The molecule has 2 aromatic rings. The van der Waals surface area contributed by atoms with Gasteiger partial charge in [-0.2, -0.15) is 0 Å². The second-order valence-electron chi connectivity index (χ2n) is 10.4. The SMILES string of the molecule is CC(=O)[C@H](c1cc(F)ccc1[C@H]1CCOC1)N1CC[C@@H](OCCCCc2ccc3c(n2)NCCC3)C1.